The van der Waals surface area contributed by atoms with Gasteiger partial charge in [-0.3, -0.25) is 4.98 Å². The molecule has 0 saturated heterocycles. The van der Waals surface area contributed by atoms with Gasteiger partial charge in [-0.05, 0) is 23.8 Å². The molecule has 0 radical (unpaired) electrons. The minimum atomic E-state index is -0.396. The summed E-state index contributed by atoms with van der Waals surface area (Å²) in [6.45, 7) is 0.339. The minimum Gasteiger partial charge on any atom is -0.379 e. The third kappa shape index (κ3) is 2.53. The van der Waals surface area contributed by atoms with Crippen molar-refractivity contribution in [2.24, 2.45) is 0 Å². The van der Waals surface area contributed by atoms with Gasteiger partial charge in [0.15, 0.2) is 0 Å². The monoisotopic (exact) mass is 220 g/mol. The lowest BCUT2D eigenvalue weighted by atomic mass is 10.2. The van der Waals surface area contributed by atoms with E-state index < -0.39 is 5.82 Å². The molecule has 0 bridgehead atoms. The van der Waals surface area contributed by atoms with Gasteiger partial charge in [0.05, 0.1) is 11.9 Å². The lowest BCUT2D eigenvalue weighted by Gasteiger charge is -2.06. The summed E-state index contributed by atoms with van der Waals surface area (Å²) >= 11 is 0. The fourth-order valence-electron chi connectivity index (χ4n) is 1.35. The Bertz CT molecular complexity index is 486. The number of rotatable bonds is 3. The Morgan fingerprint density at radius 3 is 2.69 bits per heavy atom. The van der Waals surface area contributed by atoms with E-state index in [1.54, 1.807) is 18.2 Å². The highest BCUT2D eigenvalue weighted by molar-refractivity contribution is 5.44. The number of pyridine rings is 1. The molecule has 16 heavy (non-hydrogen) atoms. The zero-order valence-corrected chi connectivity index (χ0v) is 8.45. The molecular weight excluding hydrogens is 210 g/mol. The Hall–Kier alpha value is -1.97. The molecule has 0 amide bonds. The average molecular weight is 220 g/mol. The summed E-state index contributed by atoms with van der Waals surface area (Å²) in [7, 11) is 0. The maximum absolute atomic E-state index is 13.2. The molecule has 0 saturated carbocycles. The van der Waals surface area contributed by atoms with Gasteiger partial charge >= 0.3 is 0 Å². The van der Waals surface area contributed by atoms with Crippen molar-refractivity contribution in [3.05, 3.63) is 59.9 Å². The highest BCUT2D eigenvalue weighted by Gasteiger charge is 2.00. The van der Waals surface area contributed by atoms with Crippen LogP contribution in [-0.2, 0) is 6.54 Å². The van der Waals surface area contributed by atoms with E-state index in [-0.39, 0.29) is 5.82 Å². The molecule has 0 aliphatic rings. The molecule has 0 aliphatic heterocycles. The Kier molecular flexibility index (Phi) is 3.10. The van der Waals surface area contributed by atoms with E-state index in [9.17, 15) is 8.78 Å². The molecular formula is C12H10F2N2. The molecule has 1 N–H and O–H groups in total. The van der Waals surface area contributed by atoms with Crippen LogP contribution in [0.5, 0.6) is 0 Å². The fourth-order valence-corrected chi connectivity index (χ4v) is 1.35. The van der Waals surface area contributed by atoms with Crippen LogP contribution >= 0.6 is 0 Å². The first kappa shape index (κ1) is 10.5. The van der Waals surface area contributed by atoms with E-state index in [2.05, 4.69) is 10.3 Å². The van der Waals surface area contributed by atoms with Gasteiger partial charge in [-0.2, -0.15) is 0 Å². The second-order valence-corrected chi connectivity index (χ2v) is 3.34. The van der Waals surface area contributed by atoms with Crippen molar-refractivity contribution >= 4 is 5.69 Å². The van der Waals surface area contributed by atoms with Crippen LogP contribution in [0.15, 0.2) is 42.7 Å². The Morgan fingerprint density at radius 2 is 1.94 bits per heavy atom. The summed E-state index contributed by atoms with van der Waals surface area (Å²) in [5, 5.41) is 2.87. The summed E-state index contributed by atoms with van der Waals surface area (Å²) in [5.41, 5.74) is 1.06. The standard InChI is InChI=1S/C12H10F2N2/c13-10-5-9(6-15-8-10)7-16-12-4-2-1-3-11(12)14/h1-6,8,16H,7H2. The lowest BCUT2D eigenvalue weighted by Crippen LogP contribution is -2.01. The fraction of sp³-hybridized carbons (Fsp3) is 0.0833. The predicted octanol–water partition coefficient (Wildman–Crippen LogP) is 2.97. The largest absolute Gasteiger partial charge is 0.379 e. The number of para-hydroxylation sites is 1. The Morgan fingerprint density at radius 1 is 1.12 bits per heavy atom. The third-order valence-electron chi connectivity index (χ3n) is 2.12. The van der Waals surface area contributed by atoms with E-state index in [0.29, 0.717) is 17.8 Å². The molecule has 1 heterocycles. The molecule has 2 rings (SSSR count). The highest BCUT2D eigenvalue weighted by atomic mass is 19.1. The summed E-state index contributed by atoms with van der Waals surface area (Å²) < 4.78 is 26.0. The van der Waals surface area contributed by atoms with Gasteiger partial charge in [-0.15, -0.1) is 0 Å². The van der Waals surface area contributed by atoms with Gasteiger partial charge in [0.25, 0.3) is 0 Å². The molecule has 4 heteroatoms. The number of hydrogen-bond acceptors (Lipinski definition) is 2. The molecule has 0 spiro atoms. The van der Waals surface area contributed by atoms with Crippen LogP contribution in [0.25, 0.3) is 0 Å². The lowest BCUT2D eigenvalue weighted by molar-refractivity contribution is 0.618. The van der Waals surface area contributed by atoms with Gasteiger partial charge in [0.1, 0.15) is 11.6 Å². The molecule has 0 fully saturated rings. The summed E-state index contributed by atoms with van der Waals surface area (Å²) in [5.74, 6) is -0.723. The van der Waals surface area contributed by atoms with Crippen molar-refractivity contribution in [2.75, 3.05) is 5.32 Å². The molecule has 1 aromatic heterocycles. The zero-order valence-electron chi connectivity index (χ0n) is 8.45. The molecule has 2 aromatic rings. The van der Waals surface area contributed by atoms with Crippen LogP contribution < -0.4 is 5.32 Å². The van der Waals surface area contributed by atoms with Crippen molar-refractivity contribution < 1.29 is 8.78 Å². The van der Waals surface area contributed by atoms with Gasteiger partial charge in [0, 0.05) is 12.7 Å². The normalized spacial score (nSPS) is 10.1. The van der Waals surface area contributed by atoms with E-state index in [1.165, 1.54) is 18.3 Å². The Labute approximate surface area is 92.0 Å². The van der Waals surface area contributed by atoms with Crippen LogP contribution in [0.2, 0.25) is 0 Å². The molecule has 2 nitrogen and oxygen atoms in total. The number of halogens is 2. The van der Waals surface area contributed by atoms with Crippen molar-refractivity contribution in [1.82, 2.24) is 4.98 Å². The minimum absolute atomic E-state index is 0.327. The number of benzene rings is 1. The molecule has 0 atom stereocenters. The van der Waals surface area contributed by atoms with Crippen molar-refractivity contribution in [3.8, 4) is 0 Å². The summed E-state index contributed by atoms with van der Waals surface area (Å²) in [6.07, 6.45) is 2.67. The van der Waals surface area contributed by atoms with Gasteiger partial charge in [-0.25, -0.2) is 8.78 Å². The van der Waals surface area contributed by atoms with Gasteiger partial charge < -0.3 is 5.32 Å². The molecule has 0 aliphatic carbocycles. The second-order valence-electron chi connectivity index (χ2n) is 3.34. The average Bonchev–Trinajstić information content (AvgIpc) is 2.28. The topological polar surface area (TPSA) is 24.9 Å². The summed E-state index contributed by atoms with van der Waals surface area (Å²) in [6, 6.07) is 7.70. The third-order valence-corrected chi connectivity index (χ3v) is 2.12. The van der Waals surface area contributed by atoms with Crippen LogP contribution in [0.3, 0.4) is 0 Å². The van der Waals surface area contributed by atoms with Crippen molar-refractivity contribution in [3.63, 3.8) is 0 Å². The number of hydrogen-bond donors (Lipinski definition) is 1. The van der Waals surface area contributed by atoms with Crippen molar-refractivity contribution in [1.29, 1.82) is 0 Å². The maximum atomic E-state index is 13.2. The number of anilines is 1. The number of nitrogens with one attached hydrogen (secondary N) is 1. The molecule has 0 unspecified atom stereocenters. The molecule has 82 valence electrons. The van der Waals surface area contributed by atoms with Gasteiger partial charge in [-0.1, -0.05) is 12.1 Å². The SMILES string of the molecule is Fc1cncc(CNc2ccccc2F)c1. The van der Waals surface area contributed by atoms with E-state index >= 15 is 0 Å². The number of nitrogens with zero attached hydrogens (tertiary/aromatic N) is 1. The zero-order chi connectivity index (χ0) is 11.4. The van der Waals surface area contributed by atoms with E-state index in [4.69, 9.17) is 0 Å². The van der Waals surface area contributed by atoms with Crippen LogP contribution in [0.1, 0.15) is 5.56 Å². The van der Waals surface area contributed by atoms with E-state index in [1.807, 2.05) is 0 Å². The molecule has 1 aromatic carbocycles. The van der Waals surface area contributed by atoms with Crippen LogP contribution in [0.4, 0.5) is 14.5 Å². The van der Waals surface area contributed by atoms with Crippen molar-refractivity contribution in [2.45, 2.75) is 6.54 Å². The second kappa shape index (κ2) is 4.70. The first-order chi connectivity index (χ1) is 7.75. The Balaban J connectivity index is 2.05. The predicted molar refractivity (Wildman–Crippen MR) is 57.9 cm³/mol. The quantitative estimate of drug-likeness (QED) is 0.860. The highest BCUT2D eigenvalue weighted by Crippen LogP contribution is 2.13. The first-order valence-corrected chi connectivity index (χ1v) is 4.83. The first-order valence-electron chi connectivity index (χ1n) is 4.83. The van der Waals surface area contributed by atoms with Gasteiger partial charge in [0.2, 0.25) is 0 Å². The van der Waals surface area contributed by atoms with Crippen LogP contribution in [-0.4, -0.2) is 4.98 Å². The smallest absolute Gasteiger partial charge is 0.146 e. The van der Waals surface area contributed by atoms with E-state index in [0.717, 1.165) is 6.20 Å². The maximum Gasteiger partial charge on any atom is 0.146 e. The summed E-state index contributed by atoms with van der Waals surface area (Å²) in [4.78, 5) is 3.71. The number of aromatic nitrogens is 1. The van der Waals surface area contributed by atoms with Crippen LogP contribution in [0, 0.1) is 11.6 Å².